The molecule has 1 aliphatic heterocycles. The van der Waals surface area contributed by atoms with Crippen molar-refractivity contribution in [3.05, 3.63) is 23.8 Å². The molecule has 0 bridgehead atoms. The summed E-state index contributed by atoms with van der Waals surface area (Å²) in [5, 5.41) is 6.08. The van der Waals surface area contributed by atoms with Gasteiger partial charge in [0, 0.05) is 13.1 Å². The summed E-state index contributed by atoms with van der Waals surface area (Å²) in [7, 11) is 0. The molecule has 1 atom stereocenters. The van der Waals surface area contributed by atoms with Crippen LogP contribution >= 0.6 is 0 Å². The van der Waals surface area contributed by atoms with Crippen molar-refractivity contribution < 1.29 is 14.3 Å². The highest BCUT2D eigenvalue weighted by molar-refractivity contribution is 5.81. The summed E-state index contributed by atoms with van der Waals surface area (Å²) in [6.07, 6.45) is 0.945. The summed E-state index contributed by atoms with van der Waals surface area (Å²) in [4.78, 5) is 11.7. The zero-order chi connectivity index (χ0) is 14.4. The molecule has 1 amide bonds. The normalized spacial score (nSPS) is 14.7. The number of amides is 1. The molecule has 0 aliphatic carbocycles. The lowest BCUT2D eigenvalue weighted by molar-refractivity contribution is -0.122. The average Bonchev–Trinajstić information content (AvgIpc) is 2.50. The Morgan fingerprint density at radius 3 is 2.80 bits per heavy atom. The summed E-state index contributed by atoms with van der Waals surface area (Å²) in [6.45, 7) is 6.42. The van der Waals surface area contributed by atoms with Crippen molar-refractivity contribution in [3.63, 3.8) is 0 Å². The Kier molecular flexibility index (Phi) is 5.24. The summed E-state index contributed by atoms with van der Waals surface area (Å²) in [5.74, 6) is 1.59. The third kappa shape index (κ3) is 3.87. The minimum absolute atomic E-state index is 0.0318. The van der Waals surface area contributed by atoms with Crippen LogP contribution in [0.1, 0.15) is 25.8 Å². The number of ether oxygens (including phenoxy) is 2. The van der Waals surface area contributed by atoms with E-state index in [1.807, 2.05) is 32.0 Å². The first-order valence-corrected chi connectivity index (χ1v) is 7.10. The number of hydrogen-bond acceptors (Lipinski definition) is 4. The standard InChI is InChI=1S/C15H22N2O3/c1-3-6-16-15(18)11(2)17-10-12-4-5-13-14(9-12)20-8-7-19-13/h4-5,9,11,17H,3,6-8,10H2,1-2H3,(H,16,18). The molecule has 2 N–H and O–H groups in total. The number of carbonyl (C=O) groups excluding carboxylic acids is 1. The molecule has 2 rings (SSSR count). The Balaban J connectivity index is 1.86. The van der Waals surface area contributed by atoms with Crippen LogP contribution in [0, 0.1) is 0 Å². The van der Waals surface area contributed by atoms with Crippen molar-refractivity contribution in [1.29, 1.82) is 0 Å². The van der Waals surface area contributed by atoms with E-state index in [4.69, 9.17) is 9.47 Å². The highest BCUT2D eigenvalue weighted by Gasteiger charge is 2.14. The second kappa shape index (κ2) is 7.14. The van der Waals surface area contributed by atoms with Gasteiger partial charge in [-0.2, -0.15) is 0 Å². The van der Waals surface area contributed by atoms with Crippen molar-refractivity contribution in [2.24, 2.45) is 0 Å². The van der Waals surface area contributed by atoms with Crippen LogP contribution in [0.15, 0.2) is 18.2 Å². The predicted octanol–water partition coefficient (Wildman–Crippen LogP) is 1.46. The molecule has 0 saturated heterocycles. The maximum atomic E-state index is 11.7. The lowest BCUT2D eigenvalue weighted by Gasteiger charge is -2.19. The van der Waals surface area contributed by atoms with Gasteiger partial charge in [-0.25, -0.2) is 0 Å². The van der Waals surface area contributed by atoms with Crippen molar-refractivity contribution in [2.75, 3.05) is 19.8 Å². The average molecular weight is 278 g/mol. The van der Waals surface area contributed by atoms with Gasteiger partial charge in [-0.3, -0.25) is 4.79 Å². The van der Waals surface area contributed by atoms with Crippen LogP contribution < -0.4 is 20.1 Å². The van der Waals surface area contributed by atoms with Crippen LogP contribution in [0.25, 0.3) is 0 Å². The molecule has 0 aromatic heterocycles. The molecule has 5 heteroatoms. The van der Waals surface area contributed by atoms with E-state index in [0.717, 1.165) is 30.0 Å². The quantitative estimate of drug-likeness (QED) is 0.827. The van der Waals surface area contributed by atoms with Gasteiger partial charge in [0.2, 0.25) is 5.91 Å². The fourth-order valence-corrected chi connectivity index (χ4v) is 1.96. The maximum absolute atomic E-state index is 11.7. The smallest absolute Gasteiger partial charge is 0.236 e. The molecule has 0 spiro atoms. The van der Waals surface area contributed by atoms with Crippen LogP contribution in [0.5, 0.6) is 11.5 Å². The van der Waals surface area contributed by atoms with Gasteiger partial charge in [0.05, 0.1) is 6.04 Å². The second-order valence-corrected chi connectivity index (χ2v) is 4.87. The van der Waals surface area contributed by atoms with Crippen molar-refractivity contribution in [3.8, 4) is 11.5 Å². The van der Waals surface area contributed by atoms with Gasteiger partial charge in [0.1, 0.15) is 13.2 Å². The molecule has 110 valence electrons. The van der Waals surface area contributed by atoms with E-state index in [1.165, 1.54) is 0 Å². The monoisotopic (exact) mass is 278 g/mol. The summed E-state index contributed by atoms with van der Waals surface area (Å²) in [6, 6.07) is 5.64. The Labute approximate surface area is 119 Å². The van der Waals surface area contributed by atoms with Crippen LogP contribution in [0.4, 0.5) is 0 Å². The Morgan fingerprint density at radius 1 is 1.30 bits per heavy atom. The van der Waals surface area contributed by atoms with E-state index in [-0.39, 0.29) is 11.9 Å². The van der Waals surface area contributed by atoms with Crippen LogP contribution in [-0.2, 0) is 11.3 Å². The van der Waals surface area contributed by atoms with Gasteiger partial charge < -0.3 is 20.1 Å². The Morgan fingerprint density at radius 2 is 2.05 bits per heavy atom. The van der Waals surface area contributed by atoms with Gasteiger partial charge >= 0.3 is 0 Å². The fraction of sp³-hybridized carbons (Fsp3) is 0.533. The molecule has 0 fully saturated rings. The number of rotatable bonds is 6. The molecule has 1 aromatic rings. The third-order valence-electron chi connectivity index (χ3n) is 3.16. The van der Waals surface area contributed by atoms with E-state index >= 15 is 0 Å². The van der Waals surface area contributed by atoms with E-state index < -0.39 is 0 Å². The van der Waals surface area contributed by atoms with Crippen LogP contribution in [-0.4, -0.2) is 31.7 Å². The topological polar surface area (TPSA) is 59.6 Å². The first-order valence-electron chi connectivity index (χ1n) is 7.10. The van der Waals surface area contributed by atoms with Crippen LogP contribution in [0.2, 0.25) is 0 Å². The van der Waals surface area contributed by atoms with Crippen LogP contribution in [0.3, 0.4) is 0 Å². The molecule has 1 aromatic carbocycles. The number of hydrogen-bond donors (Lipinski definition) is 2. The van der Waals surface area contributed by atoms with Crippen molar-refractivity contribution >= 4 is 5.91 Å². The first kappa shape index (κ1) is 14.7. The number of fused-ring (bicyclic) bond motifs is 1. The zero-order valence-electron chi connectivity index (χ0n) is 12.1. The zero-order valence-corrected chi connectivity index (χ0v) is 12.1. The molecular weight excluding hydrogens is 256 g/mol. The molecular formula is C15H22N2O3. The number of carbonyl (C=O) groups is 1. The molecule has 0 radical (unpaired) electrons. The predicted molar refractivity (Wildman–Crippen MR) is 77.0 cm³/mol. The highest BCUT2D eigenvalue weighted by Crippen LogP contribution is 2.30. The van der Waals surface area contributed by atoms with Crippen molar-refractivity contribution in [1.82, 2.24) is 10.6 Å². The second-order valence-electron chi connectivity index (χ2n) is 4.87. The Bertz CT molecular complexity index is 462. The molecule has 1 unspecified atom stereocenters. The van der Waals surface area contributed by atoms with Crippen molar-refractivity contribution in [2.45, 2.75) is 32.9 Å². The lowest BCUT2D eigenvalue weighted by atomic mass is 10.2. The summed E-state index contributed by atoms with van der Waals surface area (Å²) >= 11 is 0. The minimum atomic E-state index is -0.213. The SMILES string of the molecule is CCCNC(=O)C(C)NCc1ccc2c(c1)OCCO2. The van der Waals surface area contributed by atoms with Gasteiger partial charge in [-0.05, 0) is 31.0 Å². The molecule has 1 heterocycles. The van der Waals surface area contributed by atoms with Gasteiger partial charge in [-0.15, -0.1) is 0 Å². The number of benzene rings is 1. The van der Waals surface area contributed by atoms with Gasteiger partial charge in [-0.1, -0.05) is 13.0 Å². The van der Waals surface area contributed by atoms with E-state index in [0.29, 0.717) is 19.8 Å². The van der Waals surface area contributed by atoms with E-state index in [9.17, 15) is 4.79 Å². The van der Waals surface area contributed by atoms with Gasteiger partial charge in [0.25, 0.3) is 0 Å². The molecule has 5 nitrogen and oxygen atoms in total. The first-order chi connectivity index (χ1) is 9.70. The molecule has 20 heavy (non-hydrogen) atoms. The van der Waals surface area contributed by atoms with Gasteiger partial charge in [0.15, 0.2) is 11.5 Å². The maximum Gasteiger partial charge on any atom is 0.236 e. The summed E-state index contributed by atoms with van der Waals surface area (Å²) < 4.78 is 11.0. The Hall–Kier alpha value is -1.75. The minimum Gasteiger partial charge on any atom is -0.486 e. The summed E-state index contributed by atoms with van der Waals surface area (Å²) in [5.41, 5.74) is 1.07. The number of nitrogens with one attached hydrogen (secondary N) is 2. The largest absolute Gasteiger partial charge is 0.486 e. The fourth-order valence-electron chi connectivity index (χ4n) is 1.96. The van der Waals surface area contributed by atoms with E-state index in [1.54, 1.807) is 0 Å². The van der Waals surface area contributed by atoms with E-state index in [2.05, 4.69) is 10.6 Å². The highest BCUT2D eigenvalue weighted by atomic mass is 16.6. The third-order valence-corrected chi connectivity index (χ3v) is 3.16. The molecule has 1 aliphatic rings. The lowest BCUT2D eigenvalue weighted by Crippen LogP contribution is -2.42. The molecule has 0 saturated carbocycles.